The van der Waals surface area contributed by atoms with Crippen molar-refractivity contribution in [2.75, 3.05) is 14.2 Å². The maximum atomic E-state index is 11.3. The first-order chi connectivity index (χ1) is 8.08. The van der Waals surface area contributed by atoms with E-state index in [2.05, 4.69) is 4.74 Å². The van der Waals surface area contributed by atoms with E-state index < -0.39 is 11.8 Å². The molecule has 0 bridgehead atoms. The molecule has 0 N–H and O–H groups in total. The lowest BCUT2D eigenvalue weighted by molar-refractivity contribution is -0.151. The number of hydrogen-bond donors (Lipinski definition) is 0. The molecule has 0 saturated heterocycles. The first-order valence-electron chi connectivity index (χ1n) is 5.33. The number of Topliss-reactive ketones (excluding diaryl/α,β-unsaturated/α-hetero) is 1. The van der Waals surface area contributed by atoms with Gasteiger partial charge in [0, 0.05) is 6.42 Å². The van der Waals surface area contributed by atoms with E-state index in [9.17, 15) is 9.59 Å². The SMILES string of the molecule is COC(=O)C(=O)CCc1ccc(OC)c(C)c1. The van der Waals surface area contributed by atoms with Crippen LogP contribution in [0.4, 0.5) is 0 Å². The molecule has 4 heteroatoms. The summed E-state index contributed by atoms with van der Waals surface area (Å²) >= 11 is 0. The van der Waals surface area contributed by atoms with E-state index in [1.807, 2.05) is 25.1 Å². The van der Waals surface area contributed by atoms with Crippen molar-refractivity contribution < 1.29 is 19.1 Å². The molecule has 1 aromatic carbocycles. The van der Waals surface area contributed by atoms with E-state index in [0.29, 0.717) is 6.42 Å². The second-order valence-electron chi connectivity index (χ2n) is 3.72. The maximum Gasteiger partial charge on any atom is 0.374 e. The average Bonchev–Trinajstić information content (AvgIpc) is 2.35. The molecule has 0 saturated carbocycles. The van der Waals surface area contributed by atoms with Crippen LogP contribution in [0, 0.1) is 6.92 Å². The summed E-state index contributed by atoms with van der Waals surface area (Å²) in [6.07, 6.45) is 0.692. The van der Waals surface area contributed by atoms with Gasteiger partial charge in [-0.25, -0.2) is 4.79 Å². The van der Waals surface area contributed by atoms with Crippen LogP contribution in [-0.4, -0.2) is 26.0 Å². The fourth-order valence-electron chi connectivity index (χ4n) is 1.57. The summed E-state index contributed by atoms with van der Waals surface area (Å²) in [6.45, 7) is 1.93. The predicted octanol–water partition coefficient (Wildman–Crippen LogP) is 1.68. The van der Waals surface area contributed by atoms with Crippen molar-refractivity contribution in [3.63, 3.8) is 0 Å². The smallest absolute Gasteiger partial charge is 0.374 e. The van der Waals surface area contributed by atoms with Gasteiger partial charge in [-0.05, 0) is 30.5 Å². The Morgan fingerprint density at radius 1 is 1.24 bits per heavy atom. The number of methoxy groups -OCH3 is 2. The molecule has 0 fully saturated rings. The van der Waals surface area contributed by atoms with Gasteiger partial charge in [0.25, 0.3) is 0 Å². The highest BCUT2D eigenvalue weighted by atomic mass is 16.5. The molecule has 17 heavy (non-hydrogen) atoms. The van der Waals surface area contributed by atoms with Crippen molar-refractivity contribution in [3.8, 4) is 5.75 Å². The van der Waals surface area contributed by atoms with Crippen molar-refractivity contribution in [1.29, 1.82) is 0 Å². The summed E-state index contributed by atoms with van der Waals surface area (Å²) in [7, 11) is 2.82. The van der Waals surface area contributed by atoms with Gasteiger partial charge in [-0.1, -0.05) is 12.1 Å². The van der Waals surface area contributed by atoms with Gasteiger partial charge in [0.2, 0.25) is 5.78 Å². The van der Waals surface area contributed by atoms with Crippen molar-refractivity contribution in [3.05, 3.63) is 29.3 Å². The molecular formula is C13H16O4. The van der Waals surface area contributed by atoms with Gasteiger partial charge in [0.1, 0.15) is 5.75 Å². The Hall–Kier alpha value is -1.84. The van der Waals surface area contributed by atoms with Crippen LogP contribution in [-0.2, 0) is 20.7 Å². The Kier molecular flexibility index (Phi) is 4.69. The van der Waals surface area contributed by atoms with Gasteiger partial charge in [0.05, 0.1) is 14.2 Å². The number of carbonyl (C=O) groups excluding carboxylic acids is 2. The van der Waals surface area contributed by atoms with Crippen LogP contribution in [0.25, 0.3) is 0 Å². The molecule has 0 atom stereocenters. The van der Waals surface area contributed by atoms with Crippen LogP contribution in [0.3, 0.4) is 0 Å². The lowest BCUT2D eigenvalue weighted by Gasteiger charge is -2.06. The number of ether oxygens (including phenoxy) is 2. The molecular weight excluding hydrogens is 220 g/mol. The Morgan fingerprint density at radius 3 is 2.47 bits per heavy atom. The molecule has 92 valence electrons. The summed E-state index contributed by atoms with van der Waals surface area (Å²) in [5.41, 5.74) is 2.01. The Morgan fingerprint density at radius 2 is 1.94 bits per heavy atom. The lowest BCUT2D eigenvalue weighted by atomic mass is 10.0. The minimum absolute atomic E-state index is 0.165. The molecule has 0 aromatic heterocycles. The van der Waals surface area contributed by atoms with E-state index in [0.717, 1.165) is 16.9 Å². The first-order valence-corrected chi connectivity index (χ1v) is 5.33. The highest BCUT2D eigenvalue weighted by Gasteiger charge is 2.13. The van der Waals surface area contributed by atoms with Crippen LogP contribution < -0.4 is 4.74 Å². The standard InChI is InChI=1S/C13H16O4/c1-9-8-10(5-7-12(9)16-2)4-6-11(14)13(15)17-3/h5,7-8H,4,6H2,1-3H3. The summed E-state index contributed by atoms with van der Waals surface area (Å²) < 4.78 is 9.49. The van der Waals surface area contributed by atoms with E-state index in [1.54, 1.807) is 7.11 Å². The molecule has 0 amide bonds. The number of aryl methyl sites for hydroxylation is 2. The molecule has 0 aliphatic heterocycles. The minimum atomic E-state index is -0.782. The van der Waals surface area contributed by atoms with Crippen molar-refractivity contribution in [1.82, 2.24) is 0 Å². The summed E-state index contributed by atoms with van der Waals surface area (Å²) in [6, 6.07) is 5.69. The minimum Gasteiger partial charge on any atom is -0.496 e. The number of carbonyl (C=O) groups is 2. The number of ketones is 1. The molecule has 1 aromatic rings. The average molecular weight is 236 g/mol. The largest absolute Gasteiger partial charge is 0.496 e. The van der Waals surface area contributed by atoms with Gasteiger partial charge < -0.3 is 9.47 Å². The van der Waals surface area contributed by atoms with Gasteiger partial charge in [-0.3, -0.25) is 4.79 Å². The van der Waals surface area contributed by atoms with Crippen LogP contribution in [0.2, 0.25) is 0 Å². The number of esters is 1. The van der Waals surface area contributed by atoms with Crippen molar-refractivity contribution >= 4 is 11.8 Å². The molecule has 0 aliphatic rings. The van der Waals surface area contributed by atoms with Gasteiger partial charge in [-0.2, -0.15) is 0 Å². The van der Waals surface area contributed by atoms with E-state index in [1.165, 1.54) is 7.11 Å². The second-order valence-corrected chi connectivity index (χ2v) is 3.72. The summed E-state index contributed by atoms with van der Waals surface area (Å²) in [5, 5.41) is 0. The molecule has 0 unspecified atom stereocenters. The quantitative estimate of drug-likeness (QED) is 0.576. The molecule has 0 heterocycles. The Labute approximate surface area is 101 Å². The van der Waals surface area contributed by atoms with Gasteiger partial charge in [-0.15, -0.1) is 0 Å². The first kappa shape index (κ1) is 13.2. The highest BCUT2D eigenvalue weighted by molar-refractivity contribution is 6.33. The molecule has 0 spiro atoms. The van der Waals surface area contributed by atoms with E-state index in [4.69, 9.17) is 4.74 Å². The van der Waals surface area contributed by atoms with Crippen LogP contribution in [0.15, 0.2) is 18.2 Å². The van der Waals surface area contributed by atoms with E-state index in [-0.39, 0.29) is 6.42 Å². The summed E-state index contributed by atoms with van der Waals surface area (Å²) in [5.74, 6) is -0.468. The molecule has 0 aliphatic carbocycles. The van der Waals surface area contributed by atoms with Crippen molar-refractivity contribution in [2.45, 2.75) is 19.8 Å². The number of rotatable bonds is 5. The zero-order valence-corrected chi connectivity index (χ0v) is 10.3. The van der Waals surface area contributed by atoms with Crippen LogP contribution in [0.1, 0.15) is 17.5 Å². The Balaban J connectivity index is 2.61. The predicted molar refractivity (Wildman–Crippen MR) is 63.1 cm³/mol. The van der Waals surface area contributed by atoms with Crippen LogP contribution in [0.5, 0.6) is 5.75 Å². The Bertz CT molecular complexity index is 423. The number of benzene rings is 1. The lowest BCUT2D eigenvalue weighted by Crippen LogP contribution is -2.15. The zero-order chi connectivity index (χ0) is 12.8. The monoisotopic (exact) mass is 236 g/mol. The van der Waals surface area contributed by atoms with Gasteiger partial charge in [0.15, 0.2) is 0 Å². The zero-order valence-electron chi connectivity index (χ0n) is 10.3. The fourth-order valence-corrected chi connectivity index (χ4v) is 1.57. The van der Waals surface area contributed by atoms with Gasteiger partial charge >= 0.3 is 5.97 Å². The molecule has 4 nitrogen and oxygen atoms in total. The highest BCUT2D eigenvalue weighted by Crippen LogP contribution is 2.19. The second kappa shape index (κ2) is 6.03. The van der Waals surface area contributed by atoms with E-state index >= 15 is 0 Å². The molecule has 0 radical (unpaired) electrons. The third-order valence-electron chi connectivity index (χ3n) is 2.51. The summed E-state index contributed by atoms with van der Waals surface area (Å²) in [4.78, 5) is 22.2. The normalized spacial score (nSPS) is 9.82. The topological polar surface area (TPSA) is 52.6 Å². The maximum absolute atomic E-state index is 11.3. The van der Waals surface area contributed by atoms with Crippen LogP contribution >= 0.6 is 0 Å². The fraction of sp³-hybridized carbons (Fsp3) is 0.385. The third kappa shape index (κ3) is 3.59. The van der Waals surface area contributed by atoms with Crippen molar-refractivity contribution in [2.24, 2.45) is 0 Å². The molecule has 1 rings (SSSR count). The number of hydrogen-bond acceptors (Lipinski definition) is 4. The third-order valence-corrected chi connectivity index (χ3v) is 2.51.